The number of ether oxygens (including phenoxy) is 1. The zero-order chi connectivity index (χ0) is 10.5. The Morgan fingerprint density at radius 1 is 0.875 bits per heavy atom. The summed E-state index contributed by atoms with van der Waals surface area (Å²) in [4.78, 5) is 0. The Hall–Kier alpha value is -0.264. The molecule has 2 rings (SSSR count). The average Bonchev–Trinajstić information content (AvgIpc) is 2.30. The Balaban J connectivity index is 0.00000128. The second-order valence-electron chi connectivity index (χ2n) is 3.23. The van der Waals surface area contributed by atoms with Gasteiger partial charge in [-0.25, -0.2) is 0 Å². The van der Waals surface area contributed by atoms with Crippen LogP contribution in [-0.2, 0) is 6.61 Å². The smallest absolute Gasteiger partial charge is 0.316 e. The summed E-state index contributed by atoms with van der Waals surface area (Å²) in [5.74, 6) is 0.916. The summed E-state index contributed by atoms with van der Waals surface area (Å²) < 4.78 is 6.87. The Morgan fingerprint density at radius 3 is 2.12 bits per heavy atom. The number of hydrogen-bond donors (Lipinski definition) is 0. The van der Waals surface area contributed by atoms with Crippen LogP contribution in [0.25, 0.3) is 0 Å². The molecule has 0 aliphatic carbocycles. The first-order valence-corrected chi connectivity index (χ1v) is 5.85. The van der Waals surface area contributed by atoms with E-state index in [4.69, 9.17) is 4.74 Å². The topological polar surface area (TPSA) is 9.23 Å². The summed E-state index contributed by atoms with van der Waals surface area (Å²) in [6.07, 6.45) is 0. The van der Waals surface area contributed by atoms with Gasteiger partial charge in [0.05, 0.1) is 0 Å². The molecular formula is C13H13IMgO. The molecule has 0 aromatic heterocycles. The molecule has 0 saturated heterocycles. The minimum Gasteiger partial charge on any atom is -0.489 e. The largest absolute Gasteiger partial charge is 0.489 e. The van der Waals surface area contributed by atoms with Crippen molar-refractivity contribution in [2.24, 2.45) is 0 Å². The highest BCUT2D eigenvalue weighted by molar-refractivity contribution is 14.1. The monoisotopic (exact) mass is 336 g/mol. The second kappa shape index (κ2) is 7.14. The van der Waals surface area contributed by atoms with Gasteiger partial charge in [-0.2, -0.15) is 0 Å². The van der Waals surface area contributed by atoms with E-state index in [9.17, 15) is 0 Å². The van der Waals surface area contributed by atoms with Crippen molar-refractivity contribution in [2.75, 3.05) is 0 Å². The van der Waals surface area contributed by atoms with Crippen LogP contribution in [0.5, 0.6) is 5.75 Å². The molecule has 2 aromatic rings. The van der Waals surface area contributed by atoms with Crippen LogP contribution >= 0.6 is 22.6 Å². The van der Waals surface area contributed by atoms with Crippen molar-refractivity contribution < 1.29 is 4.74 Å². The van der Waals surface area contributed by atoms with Crippen LogP contribution in [0.15, 0.2) is 54.6 Å². The van der Waals surface area contributed by atoms with Crippen LogP contribution in [0.3, 0.4) is 0 Å². The lowest BCUT2D eigenvalue weighted by Crippen LogP contribution is -1.94. The van der Waals surface area contributed by atoms with Crippen molar-refractivity contribution in [2.45, 2.75) is 6.61 Å². The Bertz CT molecular complexity index is 414. The fourth-order valence-electron chi connectivity index (χ4n) is 1.27. The molecule has 0 heterocycles. The minimum atomic E-state index is 0. The van der Waals surface area contributed by atoms with Gasteiger partial charge in [0, 0.05) is 3.57 Å². The Labute approximate surface area is 125 Å². The number of hydrogen-bond acceptors (Lipinski definition) is 1. The van der Waals surface area contributed by atoms with Crippen LogP contribution in [0, 0.1) is 3.57 Å². The highest BCUT2D eigenvalue weighted by Crippen LogP contribution is 2.14. The summed E-state index contributed by atoms with van der Waals surface area (Å²) in [6, 6.07) is 18.2. The van der Waals surface area contributed by atoms with Gasteiger partial charge >= 0.3 is 23.1 Å². The molecule has 3 heteroatoms. The van der Waals surface area contributed by atoms with E-state index in [-0.39, 0.29) is 23.1 Å². The summed E-state index contributed by atoms with van der Waals surface area (Å²) >= 11 is 2.28. The van der Waals surface area contributed by atoms with Gasteiger partial charge < -0.3 is 4.74 Å². The fourth-order valence-corrected chi connectivity index (χ4v) is 1.63. The van der Waals surface area contributed by atoms with E-state index >= 15 is 0 Å². The molecule has 0 spiro atoms. The summed E-state index contributed by atoms with van der Waals surface area (Å²) in [5.41, 5.74) is 1.19. The van der Waals surface area contributed by atoms with Crippen molar-refractivity contribution in [3.8, 4) is 5.75 Å². The average molecular weight is 336 g/mol. The lowest BCUT2D eigenvalue weighted by Gasteiger charge is -2.05. The number of rotatable bonds is 3. The van der Waals surface area contributed by atoms with Crippen LogP contribution in [0.2, 0.25) is 0 Å². The molecule has 0 bridgehead atoms. The highest BCUT2D eigenvalue weighted by Gasteiger charge is 1.94. The zero-order valence-corrected chi connectivity index (χ0v) is 10.3. The van der Waals surface area contributed by atoms with Gasteiger partial charge in [-0.05, 0) is 52.4 Å². The molecule has 0 saturated carbocycles. The van der Waals surface area contributed by atoms with Crippen molar-refractivity contribution in [1.29, 1.82) is 0 Å². The maximum absolute atomic E-state index is 5.64. The zero-order valence-electron chi connectivity index (χ0n) is 8.19. The van der Waals surface area contributed by atoms with E-state index in [0.29, 0.717) is 6.61 Å². The summed E-state index contributed by atoms with van der Waals surface area (Å²) in [5, 5.41) is 0. The van der Waals surface area contributed by atoms with E-state index in [0.717, 1.165) is 5.75 Å². The highest BCUT2D eigenvalue weighted by atomic mass is 127. The lowest BCUT2D eigenvalue weighted by molar-refractivity contribution is 0.306. The molecule has 2 aromatic carbocycles. The Kier molecular flexibility index (Phi) is 6.16. The van der Waals surface area contributed by atoms with E-state index < -0.39 is 0 Å². The number of benzene rings is 2. The van der Waals surface area contributed by atoms with Crippen molar-refractivity contribution in [3.63, 3.8) is 0 Å². The van der Waals surface area contributed by atoms with Crippen LogP contribution in [-0.4, -0.2) is 23.1 Å². The Morgan fingerprint density at radius 2 is 1.50 bits per heavy atom. The first kappa shape index (κ1) is 13.8. The molecule has 0 atom stereocenters. The van der Waals surface area contributed by atoms with E-state index in [1.807, 2.05) is 42.5 Å². The third kappa shape index (κ3) is 4.31. The molecule has 80 valence electrons. The molecule has 0 N–H and O–H groups in total. The predicted molar refractivity (Wildman–Crippen MR) is 78.5 cm³/mol. The molecule has 0 fully saturated rings. The normalized spacial score (nSPS) is 9.31. The molecular weight excluding hydrogens is 323 g/mol. The van der Waals surface area contributed by atoms with Crippen LogP contribution < -0.4 is 4.74 Å². The van der Waals surface area contributed by atoms with Gasteiger partial charge in [-0.3, -0.25) is 0 Å². The molecule has 0 aliphatic rings. The van der Waals surface area contributed by atoms with Gasteiger partial charge in [0.1, 0.15) is 12.4 Å². The van der Waals surface area contributed by atoms with E-state index in [1.54, 1.807) is 0 Å². The minimum absolute atomic E-state index is 0. The maximum atomic E-state index is 5.64. The van der Waals surface area contributed by atoms with Gasteiger partial charge in [-0.15, -0.1) is 0 Å². The van der Waals surface area contributed by atoms with Crippen molar-refractivity contribution in [1.82, 2.24) is 0 Å². The molecule has 0 aliphatic heterocycles. The lowest BCUT2D eigenvalue weighted by atomic mass is 10.2. The first-order chi connectivity index (χ1) is 7.34. The summed E-state index contributed by atoms with van der Waals surface area (Å²) in [6.45, 7) is 0.626. The van der Waals surface area contributed by atoms with Crippen molar-refractivity contribution >= 4 is 45.6 Å². The van der Waals surface area contributed by atoms with Crippen LogP contribution in [0.1, 0.15) is 5.56 Å². The van der Waals surface area contributed by atoms with Crippen molar-refractivity contribution in [3.05, 3.63) is 63.7 Å². The third-order valence-corrected chi connectivity index (χ3v) is 2.78. The quantitative estimate of drug-likeness (QED) is 0.619. The van der Waals surface area contributed by atoms with Gasteiger partial charge in [-0.1, -0.05) is 30.3 Å². The second-order valence-corrected chi connectivity index (χ2v) is 4.47. The van der Waals surface area contributed by atoms with E-state index in [2.05, 4.69) is 34.7 Å². The summed E-state index contributed by atoms with van der Waals surface area (Å²) in [7, 11) is 0. The van der Waals surface area contributed by atoms with Gasteiger partial charge in [0.15, 0.2) is 0 Å². The number of halogens is 1. The van der Waals surface area contributed by atoms with Crippen LogP contribution in [0.4, 0.5) is 0 Å². The third-order valence-electron chi connectivity index (χ3n) is 2.06. The molecule has 0 amide bonds. The molecule has 0 unspecified atom stereocenters. The molecule has 1 nitrogen and oxygen atoms in total. The molecule has 16 heavy (non-hydrogen) atoms. The fraction of sp³-hybridized carbons (Fsp3) is 0.0769. The standard InChI is InChI=1S/C13H11IO.Mg.2H/c14-12-6-8-13(9-7-12)15-10-11-4-2-1-3-5-11;;;/h1-9H,10H2;;;. The van der Waals surface area contributed by atoms with Gasteiger partial charge in [0.25, 0.3) is 0 Å². The maximum Gasteiger partial charge on any atom is 0.316 e. The van der Waals surface area contributed by atoms with Gasteiger partial charge in [0.2, 0.25) is 0 Å². The SMILES string of the molecule is Ic1ccc(OCc2ccccc2)cc1.[MgH2]. The first-order valence-electron chi connectivity index (χ1n) is 4.77. The molecule has 0 radical (unpaired) electrons. The van der Waals surface area contributed by atoms with E-state index in [1.165, 1.54) is 9.13 Å². The predicted octanol–water partition coefficient (Wildman–Crippen LogP) is 2.95.